The maximum Gasteiger partial charge on any atom is 0.142 e. The number of hydrogen-bond acceptors (Lipinski definition) is 2. The van der Waals surface area contributed by atoms with Crippen LogP contribution in [0.25, 0.3) is 10.9 Å². The highest BCUT2D eigenvalue weighted by Crippen LogP contribution is 2.34. The van der Waals surface area contributed by atoms with Crippen molar-refractivity contribution in [1.82, 2.24) is 10.3 Å². The van der Waals surface area contributed by atoms with E-state index in [0.717, 1.165) is 30.7 Å². The second-order valence-electron chi connectivity index (χ2n) is 4.77. The molecule has 0 aliphatic carbocycles. The van der Waals surface area contributed by atoms with E-state index in [1.165, 1.54) is 16.6 Å². The molecule has 3 heteroatoms. The van der Waals surface area contributed by atoms with Gasteiger partial charge in [0.1, 0.15) is 5.75 Å². The van der Waals surface area contributed by atoms with Gasteiger partial charge in [-0.3, -0.25) is 0 Å². The molecule has 0 saturated carbocycles. The summed E-state index contributed by atoms with van der Waals surface area (Å²) in [6, 6.07) is 6.66. The highest BCUT2D eigenvalue weighted by molar-refractivity contribution is 5.90. The Hall–Kier alpha value is -1.48. The Kier molecular flexibility index (Phi) is 4.48. The normalized spacial score (nSPS) is 12.8. The number of H-pyrrole nitrogens is 1. The summed E-state index contributed by atoms with van der Waals surface area (Å²) in [6.07, 6.45) is 2.10. The third-order valence-corrected chi connectivity index (χ3v) is 3.70. The van der Waals surface area contributed by atoms with Gasteiger partial charge in [0, 0.05) is 17.1 Å². The molecular weight excluding hydrogens is 236 g/mol. The number of para-hydroxylation sites is 1. The van der Waals surface area contributed by atoms with Crippen LogP contribution in [-0.2, 0) is 6.42 Å². The van der Waals surface area contributed by atoms with Gasteiger partial charge in [-0.2, -0.15) is 0 Å². The lowest BCUT2D eigenvalue weighted by Crippen LogP contribution is -2.20. The molecule has 1 unspecified atom stereocenters. The monoisotopic (exact) mass is 260 g/mol. The first-order valence-electron chi connectivity index (χ1n) is 7.17. The van der Waals surface area contributed by atoms with E-state index in [0.29, 0.717) is 6.04 Å². The molecule has 0 aliphatic rings. The Bertz CT molecular complexity index is 545. The molecule has 0 spiro atoms. The van der Waals surface area contributed by atoms with E-state index >= 15 is 0 Å². The van der Waals surface area contributed by atoms with Gasteiger partial charge in [-0.1, -0.05) is 32.9 Å². The van der Waals surface area contributed by atoms with E-state index in [2.05, 4.69) is 43.2 Å². The molecule has 0 aliphatic heterocycles. The van der Waals surface area contributed by atoms with Gasteiger partial charge < -0.3 is 15.0 Å². The zero-order valence-corrected chi connectivity index (χ0v) is 12.3. The number of ether oxygens (including phenoxy) is 1. The fourth-order valence-electron chi connectivity index (χ4n) is 2.81. The topological polar surface area (TPSA) is 37.0 Å². The molecule has 0 fully saturated rings. The molecule has 2 N–H and O–H groups in total. The van der Waals surface area contributed by atoms with Crippen LogP contribution in [0.15, 0.2) is 18.2 Å². The predicted octanol–water partition coefficient (Wildman–Crippen LogP) is 3.80. The molecule has 1 aromatic carbocycles. The van der Waals surface area contributed by atoms with Crippen LogP contribution < -0.4 is 10.1 Å². The Morgan fingerprint density at radius 1 is 1.26 bits per heavy atom. The summed E-state index contributed by atoms with van der Waals surface area (Å²) in [6.45, 7) is 7.56. The molecule has 0 amide bonds. The van der Waals surface area contributed by atoms with Crippen LogP contribution in [0, 0.1) is 0 Å². The number of aromatic amines is 1. The Balaban J connectivity index is 2.63. The standard InChI is InChI=1S/C16H24N2O/c1-5-12(17-7-3)15-11-9-8-10-14(19-4)16(11)18-13(15)6-2/h8-10,12,17-18H,5-7H2,1-4H3. The second-order valence-corrected chi connectivity index (χ2v) is 4.77. The Morgan fingerprint density at radius 3 is 2.63 bits per heavy atom. The van der Waals surface area contributed by atoms with Crippen molar-refractivity contribution >= 4 is 10.9 Å². The smallest absolute Gasteiger partial charge is 0.142 e. The van der Waals surface area contributed by atoms with E-state index < -0.39 is 0 Å². The molecule has 0 bridgehead atoms. The summed E-state index contributed by atoms with van der Waals surface area (Å²) in [5, 5.41) is 4.86. The lowest BCUT2D eigenvalue weighted by atomic mass is 9.99. The molecule has 3 nitrogen and oxygen atoms in total. The largest absolute Gasteiger partial charge is 0.495 e. The highest BCUT2D eigenvalue weighted by atomic mass is 16.5. The summed E-state index contributed by atoms with van der Waals surface area (Å²) in [5.74, 6) is 0.921. The first-order chi connectivity index (χ1) is 9.26. The zero-order valence-electron chi connectivity index (χ0n) is 12.3. The fraction of sp³-hybridized carbons (Fsp3) is 0.500. The van der Waals surface area contributed by atoms with Crippen molar-refractivity contribution < 1.29 is 4.74 Å². The summed E-state index contributed by atoms with van der Waals surface area (Å²) in [7, 11) is 1.72. The van der Waals surface area contributed by atoms with Crippen LogP contribution in [0.2, 0.25) is 0 Å². The maximum absolute atomic E-state index is 5.46. The first kappa shape index (κ1) is 13.9. The minimum Gasteiger partial charge on any atom is -0.495 e. The molecule has 2 aromatic rings. The van der Waals surface area contributed by atoms with Gasteiger partial charge >= 0.3 is 0 Å². The number of methoxy groups -OCH3 is 1. The number of aromatic nitrogens is 1. The van der Waals surface area contributed by atoms with Crippen molar-refractivity contribution in [2.75, 3.05) is 13.7 Å². The molecule has 1 aromatic heterocycles. The van der Waals surface area contributed by atoms with Crippen molar-refractivity contribution in [3.63, 3.8) is 0 Å². The van der Waals surface area contributed by atoms with E-state index in [9.17, 15) is 0 Å². The van der Waals surface area contributed by atoms with E-state index in [-0.39, 0.29) is 0 Å². The van der Waals surface area contributed by atoms with Crippen molar-refractivity contribution in [2.24, 2.45) is 0 Å². The van der Waals surface area contributed by atoms with Crippen molar-refractivity contribution in [3.8, 4) is 5.75 Å². The number of aryl methyl sites for hydroxylation is 1. The van der Waals surface area contributed by atoms with Gasteiger partial charge in [-0.15, -0.1) is 0 Å². The first-order valence-corrected chi connectivity index (χ1v) is 7.17. The molecule has 1 heterocycles. The van der Waals surface area contributed by atoms with Crippen molar-refractivity contribution in [2.45, 2.75) is 39.7 Å². The van der Waals surface area contributed by atoms with Crippen molar-refractivity contribution in [1.29, 1.82) is 0 Å². The van der Waals surface area contributed by atoms with Crippen LogP contribution in [0.3, 0.4) is 0 Å². The minimum atomic E-state index is 0.404. The minimum absolute atomic E-state index is 0.404. The maximum atomic E-state index is 5.46. The quantitative estimate of drug-likeness (QED) is 0.829. The van der Waals surface area contributed by atoms with Gasteiger partial charge in [0.25, 0.3) is 0 Å². The fourth-order valence-corrected chi connectivity index (χ4v) is 2.81. The summed E-state index contributed by atoms with van der Waals surface area (Å²) < 4.78 is 5.46. The lowest BCUT2D eigenvalue weighted by Gasteiger charge is -2.17. The molecular formula is C16H24N2O. The van der Waals surface area contributed by atoms with Crippen molar-refractivity contribution in [3.05, 3.63) is 29.5 Å². The summed E-state index contributed by atoms with van der Waals surface area (Å²) >= 11 is 0. The van der Waals surface area contributed by atoms with Gasteiger partial charge in [0.05, 0.1) is 12.6 Å². The van der Waals surface area contributed by atoms with Gasteiger partial charge in [-0.25, -0.2) is 0 Å². The van der Waals surface area contributed by atoms with Crippen LogP contribution in [-0.4, -0.2) is 18.6 Å². The van der Waals surface area contributed by atoms with Gasteiger partial charge in [0.2, 0.25) is 0 Å². The van der Waals surface area contributed by atoms with Crippen LogP contribution in [0.4, 0.5) is 0 Å². The van der Waals surface area contributed by atoms with E-state index in [4.69, 9.17) is 4.74 Å². The third-order valence-electron chi connectivity index (χ3n) is 3.70. The molecule has 1 atom stereocenters. The van der Waals surface area contributed by atoms with E-state index in [1.54, 1.807) is 7.11 Å². The molecule has 104 valence electrons. The molecule has 19 heavy (non-hydrogen) atoms. The Labute approximate surface area is 115 Å². The number of benzene rings is 1. The summed E-state index contributed by atoms with van der Waals surface area (Å²) in [5.41, 5.74) is 3.83. The summed E-state index contributed by atoms with van der Waals surface area (Å²) in [4.78, 5) is 3.54. The van der Waals surface area contributed by atoms with Crippen LogP contribution in [0.1, 0.15) is 44.5 Å². The number of hydrogen-bond donors (Lipinski definition) is 2. The number of fused-ring (bicyclic) bond motifs is 1. The van der Waals surface area contributed by atoms with E-state index in [1.807, 2.05) is 6.07 Å². The molecule has 2 rings (SSSR count). The average molecular weight is 260 g/mol. The second kappa shape index (κ2) is 6.11. The zero-order chi connectivity index (χ0) is 13.8. The molecule has 0 radical (unpaired) electrons. The number of nitrogens with one attached hydrogen (secondary N) is 2. The Morgan fingerprint density at radius 2 is 2.05 bits per heavy atom. The van der Waals surface area contributed by atoms with Crippen LogP contribution >= 0.6 is 0 Å². The SMILES string of the molecule is CCNC(CC)c1c(CC)[nH]c2c(OC)cccc12. The lowest BCUT2D eigenvalue weighted by molar-refractivity contribution is 0.419. The van der Waals surface area contributed by atoms with Gasteiger partial charge in [-0.05, 0) is 31.0 Å². The van der Waals surface area contributed by atoms with Crippen LogP contribution in [0.5, 0.6) is 5.75 Å². The number of rotatable bonds is 6. The third kappa shape index (κ3) is 2.47. The predicted molar refractivity (Wildman–Crippen MR) is 80.9 cm³/mol. The van der Waals surface area contributed by atoms with Gasteiger partial charge in [0.15, 0.2) is 0 Å². The average Bonchev–Trinajstić information content (AvgIpc) is 2.83. The molecule has 0 saturated heterocycles. The highest BCUT2D eigenvalue weighted by Gasteiger charge is 2.19.